The van der Waals surface area contributed by atoms with E-state index in [1.165, 1.54) is 12.8 Å². The predicted molar refractivity (Wildman–Crippen MR) is 78.4 cm³/mol. The van der Waals surface area contributed by atoms with E-state index in [1.54, 1.807) is 0 Å². The van der Waals surface area contributed by atoms with E-state index in [9.17, 15) is 0 Å². The molecule has 1 aliphatic rings. The Kier molecular flexibility index (Phi) is 3.87. The zero-order valence-electron chi connectivity index (χ0n) is 12.3. The van der Waals surface area contributed by atoms with Crippen LogP contribution in [0.4, 0.5) is 0 Å². The Bertz CT molecular complexity index is 552. The molecule has 1 fully saturated rings. The maximum atomic E-state index is 4.62. The number of nitrogens with one attached hydrogen (secondary N) is 1. The van der Waals surface area contributed by atoms with Crippen molar-refractivity contribution in [1.29, 1.82) is 0 Å². The second-order valence-electron chi connectivity index (χ2n) is 5.74. The molecule has 108 valence electrons. The normalized spacial score (nSPS) is 16.5. The minimum absolute atomic E-state index is 0.463. The molecule has 0 bridgehead atoms. The van der Waals surface area contributed by atoms with Crippen LogP contribution in [0.5, 0.6) is 0 Å². The summed E-state index contributed by atoms with van der Waals surface area (Å²) in [5.41, 5.74) is 2.20. The SMILES string of the molecule is CCC(C)n1ccc(Cn2cnc(CNC3CC3)c2)n1. The third-order valence-corrected chi connectivity index (χ3v) is 3.89. The molecule has 0 amide bonds. The van der Waals surface area contributed by atoms with Crippen LogP contribution in [0.1, 0.15) is 50.5 Å². The average molecular weight is 273 g/mol. The van der Waals surface area contributed by atoms with Gasteiger partial charge in [0, 0.05) is 31.0 Å². The van der Waals surface area contributed by atoms with Gasteiger partial charge in [0.15, 0.2) is 0 Å². The van der Waals surface area contributed by atoms with Crippen LogP contribution in [0.3, 0.4) is 0 Å². The third-order valence-electron chi connectivity index (χ3n) is 3.89. The Morgan fingerprint density at radius 2 is 2.25 bits per heavy atom. The van der Waals surface area contributed by atoms with Crippen molar-refractivity contribution in [3.8, 4) is 0 Å². The molecule has 1 atom stereocenters. The molecule has 2 aromatic rings. The van der Waals surface area contributed by atoms with E-state index in [0.717, 1.165) is 36.9 Å². The van der Waals surface area contributed by atoms with Crippen LogP contribution in [0.2, 0.25) is 0 Å². The zero-order valence-corrected chi connectivity index (χ0v) is 12.3. The lowest BCUT2D eigenvalue weighted by molar-refractivity contribution is 0.472. The summed E-state index contributed by atoms with van der Waals surface area (Å²) in [4.78, 5) is 4.44. The van der Waals surface area contributed by atoms with Crippen LogP contribution in [0.25, 0.3) is 0 Å². The molecular formula is C15H23N5. The molecule has 0 aromatic carbocycles. The summed E-state index contributed by atoms with van der Waals surface area (Å²) in [5.74, 6) is 0. The highest BCUT2D eigenvalue weighted by molar-refractivity contribution is 5.04. The molecular weight excluding hydrogens is 250 g/mol. The van der Waals surface area contributed by atoms with Crippen LogP contribution >= 0.6 is 0 Å². The molecule has 0 saturated heterocycles. The van der Waals surface area contributed by atoms with Gasteiger partial charge in [0.1, 0.15) is 0 Å². The van der Waals surface area contributed by atoms with Crippen LogP contribution in [-0.4, -0.2) is 25.4 Å². The number of imidazole rings is 1. The van der Waals surface area contributed by atoms with Gasteiger partial charge in [-0.25, -0.2) is 4.98 Å². The predicted octanol–water partition coefficient (Wildman–Crippen LogP) is 2.35. The Labute approximate surface area is 120 Å². The molecule has 20 heavy (non-hydrogen) atoms. The van der Waals surface area contributed by atoms with E-state index in [-0.39, 0.29) is 0 Å². The van der Waals surface area contributed by atoms with Crippen LogP contribution in [-0.2, 0) is 13.1 Å². The van der Waals surface area contributed by atoms with E-state index in [1.807, 2.05) is 11.0 Å². The first-order valence-corrected chi connectivity index (χ1v) is 7.52. The number of rotatable bonds is 7. The monoisotopic (exact) mass is 273 g/mol. The van der Waals surface area contributed by atoms with Crippen molar-refractivity contribution in [2.24, 2.45) is 0 Å². The Balaban J connectivity index is 1.57. The van der Waals surface area contributed by atoms with Crippen molar-refractivity contribution in [2.45, 2.75) is 58.3 Å². The van der Waals surface area contributed by atoms with Crippen molar-refractivity contribution in [3.63, 3.8) is 0 Å². The van der Waals surface area contributed by atoms with Gasteiger partial charge in [-0.3, -0.25) is 4.68 Å². The minimum atomic E-state index is 0.463. The highest BCUT2D eigenvalue weighted by Crippen LogP contribution is 2.19. The fourth-order valence-corrected chi connectivity index (χ4v) is 2.20. The maximum Gasteiger partial charge on any atom is 0.0953 e. The van der Waals surface area contributed by atoms with E-state index >= 15 is 0 Å². The van der Waals surface area contributed by atoms with Crippen LogP contribution < -0.4 is 5.32 Å². The van der Waals surface area contributed by atoms with E-state index in [2.05, 4.69) is 52.3 Å². The summed E-state index contributed by atoms with van der Waals surface area (Å²) in [5, 5.41) is 8.10. The largest absolute Gasteiger partial charge is 0.331 e. The first-order valence-electron chi connectivity index (χ1n) is 7.52. The molecule has 1 saturated carbocycles. The average Bonchev–Trinajstić information content (AvgIpc) is 2.99. The molecule has 1 N–H and O–H groups in total. The van der Waals surface area contributed by atoms with Gasteiger partial charge in [0.25, 0.3) is 0 Å². The number of hydrogen-bond acceptors (Lipinski definition) is 3. The Morgan fingerprint density at radius 3 is 3.00 bits per heavy atom. The summed E-state index contributed by atoms with van der Waals surface area (Å²) in [6.07, 6.45) is 9.80. The smallest absolute Gasteiger partial charge is 0.0953 e. The van der Waals surface area contributed by atoms with Gasteiger partial charge in [0.2, 0.25) is 0 Å². The van der Waals surface area contributed by atoms with Gasteiger partial charge >= 0.3 is 0 Å². The fourth-order valence-electron chi connectivity index (χ4n) is 2.20. The summed E-state index contributed by atoms with van der Waals surface area (Å²) in [7, 11) is 0. The van der Waals surface area contributed by atoms with Gasteiger partial charge in [-0.05, 0) is 32.3 Å². The molecule has 0 radical (unpaired) electrons. The number of aromatic nitrogens is 4. The van der Waals surface area contributed by atoms with E-state index in [4.69, 9.17) is 0 Å². The quantitative estimate of drug-likeness (QED) is 0.842. The second kappa shape index (κ2) is 5.79. The molecule has 0 spiro atoms. The summed E-state index contributed by atoms with van der Waals surface area (Å²) in [6.45, 7) is 6.04. The fraction of sp³-hybridized carbons (Fsp3) is 0.600. The molecule has 5 nitrogen and oxygen atoms in total. The van der Waals surface area contributed by atoms with Crippen LogP contribution in [0, 0.1) is 0 Å². The van der Waals surface area contributed by atoms with Crippen molar-refractivity contribution >= 4 is 0 Å². The van der Waals surface area contributed by atoms with E-state index < -0.39 is 0 Å². The second-order valence-corrected chi connectivity index (χ2v) is 5.74. The van der Waals surface area contributed by atoms with Crippen LogP contribution in [0.15, 0.2) is 24.8 Å². The Hall–Kier alpha value is -1.62. The molecule has 5 heteroatoms. The first-order chi connectivity index (χ1) is 9.74. The molecule has 1 unspecified atom stereocenters. The highest BCUT2D eigenvalue weighted by Gasteiger charge is 2.20. The lowest BCUT2D eigenvalue weighted by Gasteiger charge is -2.08. The molecule has 1 aliphatic carbocycles. The van der Waals surface area contributed by atoms with Crippen molar-refractivity contribution in [2.75, 3.05) is 0 Å². The standard InChI is InChI=1S/C15H23N5/c1-3-12(2)20-7-6-14(18-20)9-19-10-15(17-11-19)8-16-13-4-5-13/h6-7,10-13,16H,3-5,8-9H2,1-2H3. The van der Waals surface area contributed by atoms with Gasteiger partial charge < -0.3 is 9.88 Å². The first kappa shape index (κ1) is 13.4. The molecule has 3 rings (SSSR count). The molecule has 2 heterocycles. The van der Waals surface area contributed by atoms with Crippen molar-refractivity contribution < 1.29 is 0 Å². The topological polar surface area (TPSA) is 47.7 Å². The maximum absolute atomic E-state index is 4.62. The molecule has 2 aromatic heterocycles. The summed E-state index contributed by atoms with van der Waals surface area (Å²) >= 11 is 0. The van der Waals surface area contributed by atoms with E-state index in [0.29, 0.717) is 6.04 Å². The van der Waals surface area contributed by atoms with Crippen molar-refractivity contribution in [3.05, 3.63) is 36.2 Å². The highest BCUT2D eigenvalue weighted by atomic mass is 15.3. The molecule has 0 aliphatic heterocycles. The zero-order chi connectivity index (χ0) is 13.9. The van der Waals surface area contributed by atoms with Gasteiger partial charge in [0.05, 0.1) is 24.3 Å². The Morgan fingerprint density at radius 1 is 1.40 bits per heavy atom. The number of hydrogen-bond donors (Lipinski definition) is 1. The summed E-state index contributed by atoms with van der Waals surface area (Å²) in [6, 6.07) is 3.28. The lowest BCUT2D eigenvalue weighted by atomic mass is 10.3. The summed E-state index contributed by atoms with van der Waals surface area (Å²) < 4.78 is 4.15. The lowest BCUT2D eigenvalue weighted by Crippen LogP contribution is -2.15. The minimum Gasteiger partial charge on any atom is -0.331 e. The van der Waals surface area contributed by atoms with Gasteiger partial charge in [-0.1, -0.05) is 6.92 Å². The number of nitrogens with zero attached hydrogens (tertiary/aromatic N) is 4. The van der Waals surface area contributed by atoms with Gasteiger partial charge in [-0.2, -0.15) is 5.10 Å². The van der Waals surface area contributed by atoms with Gasteiger partial charge in [-0.15, -0.1) is 0 Å². The van der Waals surface area contributed by atoms with Crippen molar-refractivity contribution in [1.82, 2.24) is 24.6 Å². The third kappa shape index (κ3) is 3.28.